The van der Waals surface area contributed by atoms with Gasteiger partial charge in [-0.3, -0.25) is 9.48 Å². The van der Waals surface area contributed by atoms with Crippen molar-refractivity contribution in [1.29, 1.82) is 0 Å². The number of hydrogen-bond acceptors (Lipinski definition) is 4. The first-order valence-electron chi connectivity index (χ1n) is 7.46. The first-order chi connectivity index (χ1) is 10.4. The van der Waals surface area contributed by atoms with Crippen LogP contribution in [-0.2, 0) is 13.5 Å². The van der Waals surface area contributed by atoms with Crippen molar-refractivity contribution in [2.24, 2.45) is 13.0 Å². The fourth-order valence-electron chi connectivity index (χ4n) is 2.35. The summed E-state index contributed by atoms with van der Waals surface area (Å²) in [5.74, 6) is 0.451. The number of nitrogens with zero attached hydrogens (tertiary/aromatic N) is 5. The molecule has 0 fully saturated rings. The van der Waals surface area contributed by atoms with Crippen molar-refractivity contribution in [1.82, 2.24) is 24.6 Å². The predicted octanol–water partition coefficient (Wildman–Crippen LogP) is 2.24. The predicted molar refractivity (Wildman–Crippen MR) is 84.3 cm³/mol. The Morgan fingerprint density at radius 2 is 2.09 bits per heavy atom. The van der Waals surface area contributed by atoms with Gasteiger partial charge in [0.15, 0.2) is 0 Å². The fraction of sp³-hybridized carbons (Fsp3) is 0.500. The lowest BCUT2D eigenvalue weighted by molar-refractivity contribution is 0.0728. The van der Waals surface area contributed by atoms with Crippen LogP contribution in [0.15, 0.2) is 24.7 Å². The molecule has 0 N–H and O–H groups in total. The van der Waals surface area contributed by atoms with Crippen molar-refractivity contribution in [3.63, 3.8) is 0 Å². The topological polar surface area (TPSA) is 63.9 Å². The van der Waals surface area contributed by atoms with E-state index in [1.807, 2.05) is 19.1 Å². The number of aromatic nitrogens is 4. The van der Waals surface area contributed by atoms with E-state index in [1.54, 1.807) is 29.9 Å². The second-order valence-electron chi connectivity index (χ2n) is 5.97. The van der Waals surface area contributed by atoms with Crippen LogP contribution in [0.2, 0.25) is 0 Å². The van der Waals surface area contributed by atoms with Crippen LogP contribution < -0.4 is 0 Å². The smallest absolute Gasteiger partial charge is 0.272 e. The van der Waals surface area contributed by atoms with E-state index >= 15 is 0 Å². The number of carbonyl (C=O) groups excluding carboxylic acids is 1. The van der Waals surface area contributed by atoms with Gasteiger partial charge in [0.25, 0.3) is 5.91 Å². The molecule has 2 heterocycles. The molecule has 0 aliphatic heterocycles. The third-order valence-electron chi connectivity index (χ3n) is 3.70. The summed E-state index contributed by atoms with van der Waals surface area (Å²) in [4.78, 5) is 22.5. The molecule has 0 aromatic carbocycles. The van der Waals surface area contributed by atoms with Crippen LogP contribution >= 0.6 is 0 Å². The van der Waals surface area contributed by atoms with Gasteiger partial charge in [0, 0.05) is 20.3 Å². The lowest BCUT2D eigenvalue weighted by Crippen LogP contribution is -2.31. The molecule has 0 aliphatic rings. The van der Waals surface area contributed by atoms with Crippen molar-refractivity contribution in [2.75, 3.05) is 7.05 Å². The minimum atomic E-state index is -0.126. The van der Waals surface area contributed by atoms with E-state index in [4.69, 9.17) is 0 Å². The molecule has 0 saturated carbocycles. The van der Waals surface area contributed by atoms with Crippen molar-refractivity contribution in [2.45, 2.75) is 33.2 Å². The second kappa shape index (κ2) is 6.68. The van der Waals surface area contributed by atoms with Crippen LogP contribution in [0.3, 0.4) is 0 Å². The number of aryl methyl sites for hydroxylation is 1. The van der Waals surface area contributed by atoms with Crippen LogP contribution in [0, 0.1) is 5.92 Å². The summed E-state index contributed by atoms with van der Waals surface area (Å²) < 4.78 is 1.66. The standard InChI is InChI=1S/C16H23N5O/c1-11(2)8-13-9-15(21(5)19-13)16(22)20(4)12(3)14-6-7-17-10-18-14/h6-7,9-12H,8H2,1-5H3. The third-order valence-corrected chi connectivity index (χ3v) is 3.70. The number of carbonyl (C=O) groups is 1. The Labute approximate surface area is 131 Å². The van der Waals surface area contributed by atoms with Crippen LogP contribution in [-0.4, -0.2) is 37.6 Å². The van der Waals surface area contributed by atoms with Gasteiger partial charge in [-0.05, 0) is 31.4 Å². The minimum absolute atomic E-state index is 0.0591. The van der Waals surface area contributed by atoms with E-state index in [2.05, 4.69) is 28.9 Å². The molecule has 118 valence electrons. The summed E-state index contributed by atoms with van der Waals surface area (Å²) in [7, 11) is 3.59. The molecule has 22 heavy (non-hydrogen) atoms. The maximum atomic E-state index is 12.7. The van der Waals surface area contributed by atoms with Gasteiger partial charge in [0.05, 0.1) is 17.4 Å². The van der Waals surface area contributed by atoms with E-state index in [1.165, 1.54) is 6.33 Å². The number of hydrogen-bond donors (Lipinski definition) is 0. The average molecular weight is 301 g/mol. The van der Waals surface area contributed by atoms with E-state index < -0.39 is 0 Å². The van der Waals surface area contributed by atoms with Gasteiger partial charge in [-0.25, -0.2) is 9.97 Å². The van der Waals surface area contributed by atoms with Gasteiger partial charge in [-0.1, -0.05) is 13.8 Å². The quantitative estimate of drug-likeness (QED) is 0.849. The Morgan fingerprint density at radius 1 is 1.36 bits per heavy atom. The van der Waals surface area contributed by atoms with E-state index in [9.17, 15) is 4.79 Å². The highest BCUT2D eigenvalue weighted by Crippen LogP contribution is 2.19. The Bertz CT molecular complexity index is 635. The maximum Gasteiger partial charge on any atom is 0.272 e. The largest absolute Gasteiger partial charge is 0.332 e. The lowest BCUT2D eigenvalue weighted by Gasteiger charge is -2.24. The SMILES string of the molecule is CC(C)Cc1cc(C(=O)N(C)C(C)c2ccncn2)n(C)n1. The zero-order valence-electron chi connectivity index (χ0n) is 13.8. The monoisotopic (exact) mass is 301 g/mol. The Morgan fingerprint density at radius 3 is 2.68 bits per heavy atom. The van der Waals surface area contributed by atoms with E-state index in [0.717, 1.165) is 17.8 Å². The molecule has 2 aromatic rings. The van der Waals surface area contributed by atoms with Crippen molar-refractivity contribution in [3.8, 4) is 0 Å². The maximum absolute atomic E-state index is 12.7. The molecule has 6 heteroatoms. The van der Waals surface area contributed by atoms with E-state index in [-0.39, 0.29) is 11.9 Å². The molecule has 0 saturated heterocycles. The van der Waals surface area contributed by atoms with Gasteiger partial charge in [0.1, 0.15) is 12.0 Å². The molecule has 0 bridgehead atoms. The number of amides is 1. The van der Waals surface area contributed by atoms with Gasteiger partial charge < -0.3 is 4.90 Å². The molecular weight excluding hydrogens is 278 g/mol. The highest BCUT2D eigenvalue weighted by Gasteiger charge is 2.23. The van der Waals surface area contributed by atoms with Crippen LogP contribution in [0.5, 0.6) is 0 Å². The molecule has 2 aromatic heterocycles. The summed E-state index contributed by atoms with van der Waals surface area (Å²) in [5, 5.41) is 4.43. The molecule has 1 atom stereocenters. The summed E-state index contributed by atoms with van der Waals surface area (Å²) in [6.45, 7) is 6.23. The second-order valence-corrected chi connectivity index (χ2v) is 5.97. The van der Waals surface area contributed by atoms with Crippen LogP contribution in [0.1, 0.15) is 48.7 Å². The Balaban J connectivity index is 2.18. The zero-order chi connectivity index (χ0) is 16.3. The van der Waals surface area contributed by atoms with Crippen molar-refractivity contribution < 1.29 is 4.79 Å². The van der Waals surface area contributed by atoms with Gasteiger partial charge >= 0.3 is 0 Å². The average Bonchev–Trinajstić information content (AvgIpc) is 2.85. The molecule has 1 unspecified atom stereocenters. The Kier molecular flexibility index (Phi) is 4.90. The molecular formula is C16H23N5O. The molecule has 0 aliphatic carbocycles. The van der Waals surface area contributed by atoms with Crippen molar-refractivity contribution >= 4 is 5.91 Å². The summed E-state index contributed by atoms with van der Waals surface area (Å²) in [6.07, 6.45) is 4.04. The van der Waals surface area contributed by atoms with Crippen molar-refractivity contribution in [3.05, 3.63) is 41.7 Å². The molecule has 0 spiro atoms. The van der Waals surface area contributed by atoms with Gasteiger partial charge in [-0.15, -0.1) is 0 Å². The van der Waals surface area contributed by atoms with Crippen LogP contribution in [0.4, 0.5) is 0 Å². The molecule has 1 amide bonds. The third kappa shape index (κ3) is 3.50. The summed E-state index contributed by atoms with van der Waals surface area (Å²) in [5.41, 5.74) is 2.36. The van der Waals surface area contributed by atoms with Gasteiger partial charge in [0.2, 0.25) is 0 Å². The summed E-state index contributed by atoms with van der Waals surface area (Å²) >= 11 is 0. The lowest BCUT2D eigenvalue weighted by atomic mass is 10.1. The zero-order valence-corrected chi connectivity index (χ0v) is 13.8. The van der Waals surface area contributed by atoms with Crippen LogP contribution in [0.25, 0.3) is 0 Å². The highest BCUT2D eigenvalue weighted by molar-refractivity contribution is 5.92. The Hall–Kier alpha value is -2.24. The first-order valence-corrected chi connectivity index (χ1v) is 7.46. The highest BCUT2D eigenvalue weighted by atomic mass is 16.2. The first kappa shape index (κ1) is 16.1. The minimum Gasteiger partial charge on any atom is -0.332 e. The number of rotatable bonds is 5. The molecule has 2 rings (SSSR count). The van der Waals surface area contributed by atoms with E-state index in [0.29, 0.717) is 11.6 Å². The fourth-order valence-corrected chi connectivity index (χ4v) is 2.35. The molecule has 0 radical (unpaired) electrons. The van der Waals surface area contributed by atoms with Gasteiger partial charge in [-0.2, -0.15) is 5.10 Å². The molecule has 6 nitrogen and oxygen atoms in total. The summed E-state index contributed by atoms with van der Waals surface area (Å²) in [6, 6.07) is 3.58. The normalized spacial score (nSPS) is 12.5.